The monoisotopic (exact) mass is 827 g/mol. The third kappa shape index (κ3) is 36.8. The molecule has 1 aliphatic heterocycles. The van der Waals surface area contributed by atoms with Crippen LogP contribution in [0.3, 0.4) is 0 Å². The van der Waals surface area contributed by atoms with Crippen LogP contribution in [0.5, 0.6) is 0 Å². The van der Waals surface area contributed by atoms with Crippen molar-refractivity contribution in [2.75, 3.05) is 59.6 Å². The van der Waals surface area contributed by atoms with Gasteiger partial charge in [-0.2, -0.15) is 0 Å². The highest BCUT2D eigenvalue weighted by molar-refractivity contribution is 5.72. The lowest BCUT2D eigenvalue weighted by Crippen LogP contribution is -2.36. The standard InChI is InChI=1S/C51H90N2O6/c1-4-6-8-10-12-14-16-18-20-22-24-26-28-30-32-34-45-57-49(54)38-42-53(44-47-59-51(56)48-36-40-52(3)41-37-48)43-39-50(55)58-46-35-33-31-29-27-25-23-21-19-17-15-13-11-9-7-5-2/h12-15,18-21,48H,4-11,16-17,22-47H2,1-3H3/b14-12-,15-13-,20-18-,21-19-. The number of ether oxygens (including phenoxy) is 3. The highest BCUT2D eigenvalue weighted by Gasteiger charge is 2.25. The van der Waals surface area contributed by atoms with Crippen molar-refractivity contribution < 1.29 is 28.6 Å². The molecule has 1 fully saturated rings. The van der Waals surface area contributed by atoms with Gasteiger partial charge in [0, 0.05) is 19.6 Å². The molecule has 0 N–H and O–H groups in total. The lowest BCUT2D eigenvalue weighted by atomic mass is 9.97. The van der Waals surface area contributed by atoms with Crippen LogP contribution in [0.25, 0.3) is 0 Å². The van der Waals surface area contributed by atoms with Crippen molar-refractivity contribution in [2.45, 2.75) is 194 Å². The number of carbonyl (C=O) groups is 3. The fourth-order valence-corrected chi connectivity index (χ4v) is 7.17. The number of unbranched alkanes of at least 4 members (excludes halogenated alkanes) is 18. The number of allylic oxidation sites excluding steroid dienone is 8. The number of nitrogens with zero attached hydrogens (tertiary/aromatic N) is 2. The Labute approximate surface area is 363 Å². The zero-order chi connectivity index (χ0) is 42.7. The predicted molar refractivity (Wildman–Crippen MR) is 247 cm³/mol. The molecule has 1 aliphatic rings. The summed E-state index contributed by atoms with van der Waals surface area (Å²) in [6, 6.07) is 0. The van der Waals surface area contributed by atoms with E-state index in [4.69, 9.17) is 14.2 Å². The maximum absolute atomic E-state index is 12.7. The lowest BCUT2D eigenvalue weighted by molar-refractivity contribution is -0.151. The van der Waals surface area contributed by atoms with Crippen LogP contribution in [0.1, 0.15) is 194 Å². The largest absolute Gasteiger partial charge is 0.466 e. The Hall–Kier alpha value is -2.71. The molecule has 8 nitrogen and oxygen atoms in total. The summed E-state index contributed by atoms with van der Waals surface area (Å²) >= 11 is 0. The van der Waals surface area contributed by atoms with Gasteiger partial charge in [-0.05, 0) is 110 Å². The van der Waals surface area contributed by atoms with Gasteiger partial charge in [0.1, 0.15) is 6.61 Å². The summed E-state index contributed by atoms with van der Waals surface area (Å²) in [5.74, 6) is -0.635. The van der Waals surface area contributed by atoms with Crippen molar-refractivity contribution in [1.82, 2.24) is 9.80 Å². The average Bonchev–Trinajstić information content (AvgIpc) is 3.24. The van der Waals surface area contributed by atoms with Crippen molar-refractivity contribution in [2.24, 2.45) is 5.92 Å². The number of piperidine rings is 1. The zero-order valence-corrected chi connectivity index (χ0v) is 38.5. The van der Waals surface area contributed by atoms with Crippen LogP contribution in [0.2, 0.25) is 0 Å². The summed E-state index contributed by atoms with van der Waals surface area (Å²) in [5, 5.41) is 0. The summed E-state index contributed by atoms with van der Waals surface area (Å²) in [7, 11) is 2.07. The topological polar surface area (TPSA) is 85.4 Å². The fraction of sp³-hybridized carbons (Fsp3) is 0.784. The van der Waals surface area contributed by atoms with E-state index in [0.29, 0.717) is 32.8 Å². The van der Waals surface area contributed by atoms with Crippen LogP contribution >= 0.6 is 0 Å². The third-order valence-electron chi connectivity index (χ3n) is 11.2. The Balaban J connectivity index is 2.22. The molecule has 0 amide bonds. The molecule has 0 unspecified atom stereocenters. The van der Waals surface area contributed by atoms with Crippen molar-refractivity contribution in [3.05, 3.63) is 48.6 Å². The van der Waals surface area contributed by atoms with Gasteiger partial charge in [0.05, 0.1) is 32.0 Å². The van der Waals surface area contributed by atoms with E-state index in [1.165, 1.54) is 89.9 Å². The second-order valence-electron chi connectivity index (χ2n) is 16.7. The van der Waals surface area contributed by atoms with Crippen LogP contribution in [0, 0.1) is 5.92 Å². The fourth-order valence-electron chi connectivity index (χ4n) is 7.17. The Morgan fingerprint density at radius 2 is 0.881 bits per heavy atom. The number of carbonyl (C=O) groups excluding carboxylic acids is 3. The van der Waals surface area contributed by atoms with Crippen molar-refractivity contribution in [3.63, 3.8) is 0 Å². The minimum Gasteiger partial charge on any atom is -0.466 e. The molecule has 59 heavy (non-hydrogen) atoms. The number of esters is 3. The molecule has 0 aromatic rings. The molecule has 0 aliphatic carbocycles. The van der Waals surface area contributed by atoms with Gasteiger partial charge in [0.2, 0.25) is 0 Å². The maximum Gasteiger partial charge on any atom is 0.309 e. The van der Waals surface area contributed by atoms with E-state index < -0.39 is 0 Å². The normalized spacial score (nSPS) is 14.2. The molecule has 0 aromatic heterocycles. The lowest BCUT2D eigenvalue weighted by Gasteiger charge is -2.28. The second kappa shape index (κ2) is 42.0. The molecule has 8 heteroatoms. The van der Waals surface area contributed by atoms with Gasteiger partial charge in [-0.3, -0.25) is 19.3 Å². The summed E-state index contributed by atoms with van der Waals surface area (Å²) in [6.07, 6.45) is 48.7. The van der Waals surface area contributed by atoms with Crippen molar-refractivity contribution >= 4 is 17.9 Å². The van der Waals surface area contributed by atoms with E-state index in [0.717, 1.165) is 90.1 Å². The van der Waals surface area contributed by atoms with Gasteiger partial charge >= 0.3 is 17.9 Å². The van der Waals surface area contributed by atoms with Crippen molar-refractivity contribution in [3.8, 4) is 0 Å². The molecule has 0 spiro atoms. The first-order valence-electron chi connectivity index (χ1n) is 24.4. The van der Waals surface area contributed by atoms with Crippen LogP contribution in [0.15, 0.2) is 48.6 Å². The van der Waals surface area contributed by atoms with Gasteiger partial charge in [0.15, 0.2) is 0 Å². The first-order valence-corrected chi connectivity index (χ1v) is 24.4. The average molecular weight is 827 g/mol. The molecule has 1 rings (SSSR count). The molecule has 0 radical (unpaired) electrons. The Bertz CT molecular complexity index is 1040. The molecular formula is C51H90N2O6. The number of hydrogen-bond donors (Lipinski definition) is 0. The predicted octanol–water partition coefficient (Wildman–Crippen LogP) is 12.7. The van der Waals surface area contributed by atoms with Crippen LogP contribution in [0.4, 0.5) is 0 Å². The van der Waals surface area contributed by atoms with Crippen LogP contribution in [-0.4, -0.2) is 87.3 Å². The summed E-state index contributed by atoms with van der Waals surface area (Å²) in [4.78, 5) is 42.1. The molecule has 1 saturated heterocycles. The zero-order valence-electron chi connectivity index (χ0n) is 38.5. The Morgan fingerprint density at radius 1 is 0.492 bits per heavy atom. The van der Waals surface area contributed by atoms with Crippen molar-refractivity contribution in [1.29, 1.82) is 0 Å². The third-order valence-corrected chi connectivity index (χ3v) is 11.2. The van der Waals surface area contributed by atoms with Gasteiger partial charge in [-0.1, -0.05) is 140 Å². The molecule has 340 valence electrons. The van der Waals surface area contributed by atoms with Gasteiger partial charge in [-0.25, -0.2) is 0 Å². The van der Waals surface area contributed by atoms with Gasteiger partial charge < -0.3 is 19.1 Å². The maximum atomic E-state index is 12.7. The highest BCUT2D eigenvalue weighted by atomic mass is 16.5. The highest BCUT2D eigenvalue weighted by Crippen LogP contribution is 2.17. The van der Waals surface area contributed by atoms with E-state index in [2.05, 4.69) is 74.4 Å². The molecule has 0 saturated carbocycles. The van der Waals surface area contributed by atoms with Gasteiger partial charge in [0.25, 0.3) is 0 Å². The summed E-state index contributed by atoms with van der Waals surface area (Å²) < 4.78 is 16.7. The first-order chi connectivity index (χ1) is 29.0. The van der Waals surface area contributed by atoms with Crippen LogP contribution in [-0.2, 0) is 28.6 Å². The minimum atomic E-state index is -0.221. The summed E-state index contributed by atoms with van der Waals surface area (Å²) in [5.41, 5.74) is 0. The smallest absolute Gasteiger partial charge is 0.309 e. The molecule has 0 bridgehead atoms. The first kappa shape index (κ1) is 54.3. The van der Waals surface area contributed by atoms with Crippen LogP contribution < -0.4 is 0 Å². The second-order valence-corrected chi connectivity index (χ2v) is 16.7. The Morgan fingerprint density at radius 3 is 1.31 bits per heavy atom. The van der Waals surface area contributed by atoms with E-state index in [1.807, 2.05) is 4.90 Å². The minimum absolute atomic E-state index is 0.0521. The molecule has 0 aromatic carbocycles. The van der Waals surface area contributed by atoms with E-state index in [9.17, 15) is 14.4 Å². The summed E-state index contributed by atoms with van der Waals surface area (Å²) in [6.45, 7) is 8.81. The molecule has 1 heterocycles. The quantitative estimate of drug-likeness (QED) is 0.0261. The molecular weight excluding hydrogens is 737 g/mol. The number of likely N-dealkylation sites (tertiary alicyclic amines) is 1. The Kier molecular flexibility index (Phi) is 38.7. The molecule has 0 atom stereocenters. The number of hydrogen-bond acceptors (Lipinski definition) is 8. The SMILES string of the molecule is CCCCC/C=C\C/C=C\CCCCCCCCOC(=O)CCN(CCOC(=O)C1CCN(C)CC1)CCC(=O)OCCCCCCCC/C=C\C/C=C\CCCCC. The van der Waals surface area contributed by atoms with E-state index >= 15 is 0 Å². The van der Waals surface area contributed by atoms with E-state index in [1.54, 1.807) is 0 Å². The van der Waals surface area contributed by atoms with E-state index in [-0.39, 0.29) is 43.3 Å². The number of rotatable bonds is 40. The van der Waals surface area contributed by atoms with Gasteiger partial charge in [-0.15, -0.1) is 0 Å².